The van der Waals surface area contributed by atoms with E-state index in [9.17, 15) is 19.2 Å². The number of methoxy groups -OCH3 is 1. The molecule has 2 aromatic carbocycles. The molecule has 3 amide bonds. The summed E-state index contributed by atoms with van der Waals surface area (Å²) in [6.45, 7) is 0. The van der Waals surface area contributed by atoms with Gasteiger partial charge in [0.2, 0.25) is 17.7 Å². The van der Waals surface area contributed by atoms with Crippen molar-refractivity contribution >= 4 is 35.5 Å². The molecular formula is C23H19N3O5. The van der Waals surface area contributed by atoms with Crippen molar-refractivity contribution in [3.63, 3.8) is 0 Å². The molecule has 0 aromatic heterocycles. The van der Waals surface area contributed by atoms with Crippen LogP contribution in [0.4, 0.5) is 5.69 Å². The van der Waals surface area contributed by atoms with E-state index in [0.29, 0.717) is 0 Å². The molecule has 2 N–H and O–H groups in total. The summed E-state index contributed by atoms with van der Waals surface area (Å²) >= 11 is 0. The van der Waals surface area contributed by atoms with Crippen molar-refractivity contribution in [2.75, 3.05) is 12.0 Å². The Balaban J connectivity index is 1.66. The highest BCUT2D eigenvalue weighted by molar-refractivity contribution is 6.25. The number of carbonyl (C=O) groups excluding carboxylic acids is 4. The summed E-state index contributed by atoms with van der Waals surface area (Å²) < 4.78 is 4.81. The molecule has 3 heterocycles. The smallest absolute Gasteiger partial charge is 0.339 e. The van der Waals surface area contributed by atoms with E-state index in [2.05, 4.69) is 0 Å². The number of anilines is 1. The number of nitrogens with zero attached hydrogens (tertiary/aromatic N) is 2. The largest absolute Gasteiger partial charge is 0.465 e. The summed E-state index contributed by atoms with van der Waals surface area (Å²) in [7, 11) is 1.23. The zero-order valence-corrected chi connectivity index (χ0v) is 16.6. The molecule has 3 aliphatic heterocycles. The maximum Gasteiger partial charge on any atom is 0.339 e. The highest BCUT2D eigenvalue weighted by atomic mass is 16.5. The lowest BCUT2D eigenvalue weighted by Crippen LogP contribution is -2.47. The fourth-order valence-electron chi connectivity index (χ4n) is 5.07. The molecule has 2 fully saturated rings. The van der Waals surface area contributed by atoms with Gasteiger partial charge < -0.3 is 15.4 Å². The molecule has 31 heavy (non-hydrogen) atoms. The van der Waals surface area contributed by atoms with E-state index in [4.69, 9.17) is 10.5 Å². The Kier molecular flexibility index (Phi) is 4.18. The predicted octanol–water partition coefficient (Wildman–Crippen LogP) is 1.47. The van der Waals surface area contributed by atoms with Gasteiger partial charge in [0.15, 0.2) is 0 Å². The van der Waals surface area contributed by atoms with E-state index in [1.165, 1.54) is 19.2 Å². The number of hydrogen-bond acceptors (Lipinski definition) is 6. The lowest BCUT2D eigenvalue weighted by molar-refractivity contribution is -0.129. The van der Waals surface area contributed by atoms with Gasteiger partial charge in [-0.1, -0.05) is 36.4 Å². The van der Waals surface area contributed by atoms with Crippen LogP contribution in [-0.4, -0.2) is 41.7 Å². The van der Waals surface area contributed by atoms with E-state index in [0.717, 1.165) is 16.0 Å². The van der Waals surface area contributed by atoms with Gasteiger partial charge in [0.1, 0.15) is 6.04 Å². The number of para-hydroxylation sites is 1. The molecule has 8 heteroatoms. The van der Waals surface area contributed by atoms with Crippen LogP contribution in [0.1, 0.15) is 27.5 Å². The minimum atomic E-state index is -0.966. The van der Waals surface area contributed by atoms with Crippen LogP contribution in [0.15, 0.2) is 54.7 Å². The van der Waals surface area contributed by atoms with Gasteiger partial charge >= 0.3 is 5.97 Å². The Morgan fingerprint density at radius 2 is 1.65 bits per heavy atom. The van der Waals surface area contributed by atoms with Gasteiger partial charge in [-0.25, -0.2) is 9.69 Å². The highest BCUT2D eigenvalue weighted by Crippen LogP contribution is 2.53. The minimum absolute atomic E-state index is 0.100. The van der Waals surface area contributed by atoms with Crippen molar-refractivity contribution in [1.29, 1.82) is 0 Å². The molecule has 4 unspecified atom stereocenters. The van der Waals surface area contributed by atoms with Gasteiger partial charge in [0.25, 0.3) is 0 Å². The standard InChI is InChI=1S/C23H19N3O5/c1-31-23(30)14-8-4-5-9-15(14)26-21(28)16-17(22(26)29)19(20(24)27)25-11-10-12-6-2-3-7-13(12)18(16)25/h2-11,16-19H,1H3,(H2,24,27). The van der Waals surface area contributed by atoms with Crippen LogP contribution < -0.4 is 10.6 Å². The SMILES string of the molecule is COC(=O)c1ccccc1N1C(=O)C2C(C1=O)C1c3ccccc3C=CN1C2C(N)=O. The van der Waals surface area contributed by atoms with Gasteiger partial charge in [-0.15, -0.1) is 0 Å². The van der Waals surface area contributed by atoms with E-state index < -0.39 is 47.6 Å². The first kappa shape index (κ1) is 19.0. The number of amides is 3. The van der Waals surface area contributed by atoms with Crippen molar-refractivity contribution < 1.29 is 23.9 Å². The number of primary amides is 1. The Labute approximate surface area is 177 Å². The van der Waals surface area contributed by atoms with Crippen molar-refractivity contribution in [3.8, 4) is 0 Å². The lowest BCUT2D eigenvalue weighted by atomic mass is 9.84. The average molecular weight is 417 g/mol. The second-order valence-electron chi connectivity index (χ2n) is 7.76. The second-order valence-corrected chi connectivity index (χ2v) is 7.76. The quantitative estimate of drug-likeness (QED) is 0.598. The van der Waals surface area contributed by atoms with Crippen LogP contribution in [0.2, 0.25) is 0 Å². The molecule has 0 bridgehead atoms. The third-order valence-electron chi connectivity index (χ3n) is 6.30. The lowest BCUT2D eigenvalue weighted by Gasteiger charge is -2.34. The monoisotopic (exact) mass is 417 g/mol. The summed E-state index contributed by atoms with van der Waals surface area (Å²) in [4.78, 5) is 54.6. The Bertz CT molecular complexity index is 1170. The number of esters is 1. The summed E-state index contributed by atoms with van der Waals surface area (Å²) in [6.07, 6.45) is 3.58. The molecule has 156 valence electrons. The Morgan fingerprint density at radius 1 is 0.968 bits per heavy atom. The second kappa shape index (κ2) is 6.80. The number of fused-ring (bicyclic) bond motifs is 5. The number of ether oxygens (including phenoxy) is 1. The van der Waals surface area contributed by atoms with E-state index in [-0.39, 0.29) is 11.3 Å². The Hall–Kier alpha value is -3.94. The molecule has 2 aromatic rings. The molecule has 5 rings (SSSR count). The molecule has 8 nitrogen and oxygen atoms in total. The predicted molar refractivity (Wildman–Crippen MR) is 110 cm³/mol. The first-order chi connectivity index (χ1) is 15.0. The Morgan fingerprint density at radius 3 is 2.39 bits per heavy atom. The van der Waals surface area contributed by atoms with Crippen molar-refractivity contribution in [3.05, 3.63) is 71.4 Å². The topological polar surface area (TPSA) is 110 Å². The van der Waals surface area contributed by atoms with Crippen LogP contribution in [0.3, 0.4) is 0 Å². The van der Waals surface area contributed by atoms with Crippen molar-refractivity contribution in [2.24, 2.45) is 17.6 Å². The molecule has 0 aliphatic carbocycles. The molecule has 2 saturated heterocycles. The van der Waals surface area contributed by atoms with Crippen molar-refractivity contribution in [2.45, 2.75) is 12.1 Å². The summed E-state index contributed by atoms with van der Waals surface area (Å²) in [6, 6.07) is 12.3. The fraction of sp³-hybridized carbons (Fsp3) is 0.217. The number of rotatable bonds is 3. The van der Waals surface area contributed by atoms with E-state index >= 15 is 0 Å². The number of hydrogen-bond donors (Lipinski definition) is 1. The number of nitrogens with two attached hydrogens (primary N) is 1. The molecule has 0 spiro atoms. The minimum Gasteiger partial charge on any atom is -0.465 e. The fourth-order valence-corrected chi connectivity index (χ4v) is 5.07. The molecule has 3 aliphatic rings. The zero-order chi connectivity index (χ0) is 21.9. The van der Waals surface area contributed by atoms with Crippen LogP contribution >= 0.6 is 0 Å². The third-order valence-corrected chi connectivity index (χ3v) is 6.30. The number of imide groups is 1. The van der Waals surface area contributed by atoms with Crippen LogP contribution in [0.5, 0.6) is 0 Å². The maximum atomic E-state index is 13.6. The zero-order valence-electron chi connectivity index (χ0n) is 16.6. The van der Waals surface area contributed by atoms with Gasteiger partial charge in [0, 0.05) is 6.20 Å². The van der Waals surface area contributed by atoms with E-state index in [1.54, 1.807) is 23.2 Å². The summed E-state index contributed by atoms with van der Waals surface area (Å²) in [5, 5.41) is 0. The highest BCUT2D eigenvalue weighted by Gasteiger charge is 2.64. The number of benzene rings is 2. The van der Waals surface area contributed by atoms with Crippen LogP contribution in [0.25, 0.3) is 6.08 Å². The van der Waals surface area contributed by atoms with Crippen LogP contribution in [-0.2, 0) is 19.1 Å². The maximum absolute atomic E-state index is 13.6. The summed E-state index contributed by atoms with van der Waals surface area (Å²) in [5.74, 6) is -4.10. The van der Waals surface area contributed by atoms with Crippen molar-refractivity contribution in [1.82, 2.24) is 4.90 Å². The first-order valence-corrected chi connectivity index (χ1v) is 9.84. The third kappa shape index (κ3) is 2.54. The molecule has 4 atom stereocenters. The van der Waals surface area contributed by atoms with Gasteiger partial charge in [-0.2, -0.15) is 0 Å². The van der Waals surface area contributed by atoms with E-state index in [1.807, 2.05) is 30.3 Å². The molecule has 0 radical (unpaired) electrons. The number of carbonyl (C=O) groups is 4. The normalized spacial score (nSPS) is 25.8. The molecule has 0 saturated carbocycles. The summed E-state index contributed by atoms with van der Waals surface area (Å²) in [5.41, 5.74) is 7.72. The van der Waals surface area contributed by atoms with Gasteiger partial charge in [-0.3, -0.25) is 14.4 Å². The molecular weight excluding hydrogens is 398 g/mol. The first-order valence-electron chi connectivity index (χ1n) is 9.84. The van der Waals surface area contributed by atoms with Gasteiger partial charge in [-0.05, 0) is 29.3 Å². The average Bonchev–Trinajstić information content (AvgIpc) is 3.26. The van der Waals surface area contributed by atoms with Gasteiger partial charge in [0.05, 0.1) is 36.2 Å². The van der Waals surface area contributed by atoms with Crippen LogP contribution in [0, 0.1) is 11.8 Å².